The second kappa shape index (κ2) is 7.94. The summed E-state index contributed by atoms with van der Waals surface area (Å²) < 4.78 is 11.0. The summed E-state index contributed by atoms with van der Waals surface area (Å²) >= 11 is 0. The Morgan fingerprint density at radius 1 is 0.783 bits per heavy atom. The van der Waals surface area contributed by atoms with E-state index < -0.39 is 0 Å². The van der Waals surface area contributed by atoms with Crippen molar-refractivity contribution < 1.29 is 9.47 Å². The van der Waals surface area contributed by atoms with E-state index in [1.807, 2.05) is 36.4 Å². The molecule has 4 nitrogen and oxygen atoms in total. The molecule has 0 aliphatic heterocycles. The van der Waals surface area contributed by atoms with Crippen LogP contribution in [0.4, 0.5) is 11.4 Å². The molecule has 0 saturated carbocycles. The van der Waals surface area contributed by atoms with Gasteiger partial charge in [0, 0.05) is 0 Å². The zero-order chi connectivity index (χ0) is 16.7. The van der Waals surface area contributed by atoms with Crippen molar-refractivity contribution in [2.75, 3.05) is 24.7 Å². The summed E-state index contributed by atoms with van der Waals surface area (Å²) in [5.41, 5.74) is 15.4. The van der Waals surface area contributed by atoms with Crippen LogP contribution in [0.2, 0.25) is 0 Å². The molecule has 0 heterocycles. The predicted octanol–water partition coefficient (Wildman–Crippen LogP) is 3.57. The maximum absolute atomic E-state index is 6.01. The van der Waals surface area contributed by atoms with Crippen LogP contribution >= 0.6 is 0 Å². The highest BCUT2D eigenvalue weighted by atomic mass is 16.5. The molecule has 4 heteroatoms. The summed E-state index contributed by atoms with van der Waals surface area (Å²) in [6.07, 6.45) is 4.11. The summed E-state index contributed by atoms with van der Waals surface area (Å²) in [6, 6.07) is 11.6. The minimum atomic E-state index is 0.437. The van der Waals surface area contributed by atoms with Crippen molar-refractivity contribution in [1.29, 1.82) is 0 Å². The van der Waals surface area contributed by atoms with Crippen LogP contribution in [0, 0.1) is 0 Å². The van der Waals surface area contributed by atoms with Crippen LogP contribution in [0.3, 0.4) is 0 Å². The van der Waals surface area contributed by atoms with Gasteiger partial charge in [-0.15, -0.1) is 0 Å². The highest BCUT2D eigenvalue weighted by Crippen LogP contribution is 2.27. The Labute approximate surface area is 137 Å². The zero-order valence-electron chi connectivity index (χ0n) is 13.1. The maximum atomic E-state index is 6.01. The molecule has 0 radical (unpaired) electrons. The first-order valence-electron chi connectivity index (χ1n) is 7.38. The molecule has 0 fully saturated rings. The Bertz CT molecular complexity index is 636. The molecule has 4 N–H and O–H groups in total. The largest absolute Gasteiger partial charge is 0.487 e. The van der Waals surface area contributed by atoms with Crippen molar-refractivity contribution in [2.24, 2.45) is 0 Å². The van der Waals surface area contributed by atoms with E-state index in [0.29, 0.717) is 36.1 Å². The number of ether oxygens (including phenoxy) is 2. The summed E-state index contributed by atoms with van der Waals surface area (Å²) in [5, 5.41) is 0. The van der Waals surface area contributed by atoms with Crippen molar-refractivity contribution in [3.8, 4) is 11.5 Å². The Morgan fingerprint density at radius 2 is 1.22 bits per heavy atom. The van der Waals surface area contributed by atoms with E-state index in [1.54, 1.807) is 12.2 Å². The van der Waals surface area contributed by atoms with E-state index in [4.69, 9.17) is 20.9 Å². The third-order valence-corrected chi connectivity index (χ3v) is 3.27. The van der Waals surface area contributed by atoms with Gasteiger partial charge >= 0.3 is 0 Å². The lowest BCUT2D eigenvalue weighted by Crippen LogP contribution is -2.00. The number of rotatable bonds is 8. The van der Waals surface area contributed by atoms with Gasteiger partial charge in [-0.1, -0.05) is 37.4 Å². The van der Waals surface area contributed by atoms with Gasteiger partial charge in [-0.25, -0.2) is 0 Å². The van der Waals surface area contributed by atoms with Gasteiger partial charge in [-0.2, -0.15) is 0 Å². The second-order valence-electron chi connectivity index (χ2n) is 5.12. The van der Waals surface area contributed by atoms with Crippen LogP contribution in [0.25, 0.3) is 0 Å². The van der Waals surface area contributed by atoms with E-state index in [0.717, 1.165) is 17.5 Å². The second-order valence-corrected chi connectivity index (χ2v) is 5.12. The molecule has 0 aliphatic rings. The fourth-order valence-corrected chi connectivity index (χ4v) is 2.21. The van der Waals surface area contributed by atoms with Crippen LogP contribution in [0.1, 0.15) is 11.1 Å². The quantitative estimate of drug-likeness (QED) is 0.577. The molecule has 0 amide bonds. The summed E-state index contributed by atoms with van der Waals surface area (Å²) in [6.45, 7) is 8.11. The fraction of sp³-hybridized carbons (Fsp3) is 0.158. The highest BCUT2D eigenvalue weighted by molar-refractivity contribution is 5.57. The standard InChI is InChI=1S/C19H22N2O2/c1-3-9-22-18-7-5-14(12-16(18)20)11-15-6-8-19(17(21)13-15)23-10-4-2/h3-8,12-13H,1-2,9-11,20-21H2. The minimum absolute atomic E-state index is 0.437. The van der Waals surface area contributed by atoms with E-state index in [9.17, 15) is 0 Å². The molecule has 120 valence electrons. The Kier molecular flexibility index (Phi) is 5.69. The first-order valence-corrected chi connectivity index (χ1v) is 7.38. The van der Waals surface area contributed by atoms with E-state index in [1.165, 1.54) is 0 Å². The van der Waals surface area contributed by atoms with E-state index in [-0.39, 0.29) is 0 Å². The van der Waals surface area contributed by atoms with Crippen molar-refractivity contribution in [1.82, 2.24) is 0 Å². The van der Waals surface area contributed by atoms with Crippen molar-refractivity contribution in [3.63, 3.8) is 0 Å². The SMILES string of the molecule is C=CCOc1ccc(Cc2ccc(OCC=C)c(N)c2)cc1N. The third-order valence-electron chi connectivity index (χ3n) is 3.27. The fourth-order valence-electron chi connectivity index (χ4n) is 2.21. The molecule has 23 heavy (non-hydrogen) atoms. The Balaban J connectivity index is 2.09. The lowest BCUT2D eigenvalue weighted by atomic mass is 10.0. The molecular formula is C19H22N2O2. The Morgan fingerprint density at radius 3 is 1.57 bits per heavy atom. The molecule has 0 atom stereocenters. The molecule has 0 bridgehead atoms. The summed E-state index contributed by atoms with van der Waals surface area (Å²) in [7, 11) is 0. The monoisotopic (exact) mass is 310 g/mol. The van der Waals surface area contributed by atoms with Gasteiger partial charge in [0.2, 0.25) is 0 Å². The molecule has 2 aromatic carbocycles. The van der Waals surface area contributed by atoms with Crippen LogP contribution in [-0.2, 0) is 6.42 Å². The topological polar surface area (TPSA) is 70.5 Å². The van der Waals surface area contributed by atoms with Crippen LogP contribution in [-0.4, -0.2) is 13.2 Å². The molecule has 2 rings (SSSR count). The van der Waals surface area contributed by atoms with Gasteiger partial charge in [-0.3, -0.25) is 0 Å². The number of hydrogen-bond acceptors (Lipinski definition) is 4. The van der Waals surface area contributed by atoms with E-state index >= 15 is 0 Å². The first-order chi connectivity index (χ1) is 11.1. The predicted molar refractivity (Wildman–Crippen MR) is 95.9 cm³/mol. The zero-order valence-corrected chi connectivity index (χ0v) is 13.1. The minimum Gasteiger partial charge on any atom is -0.487 e. The number of hydrogen-bond donors (Lipinski definition) is 2. The normalized spacial score (nSPS) is 10.1. The average Bonchev–Trinajstić information content (AvgIpc) is 2.53. The van der Waals surface area contributed by atoms with Crippen LogP contribution < -0.4 is 20.9 Å². The Hall–Kier alpha value is -2.88. The molecule has 0 spiro atoms. The van der Waals surface area contributed by atoms with Crippen LogP contribution in [0.15, 0.2) is 61.7 Å². The molecule has 2 aromatic rings. The molecule has 0 unspecified atom stereocenters. The highest BCUT2D eigenvalue weighted by Gasteiger charge is 2.05. The number of benzene rings is 2. The lowest BCUT2D eigenvalue weighted by Gasteiger charge is -2.11. The average molecular weight is 310 g/mol. The smallest absolute Gasteiger partial charge is 0.142 e. The van der Waals surface area contributed by atoms with Crippen LogP contribution in [0.5, 0.6) is 11.5 Å². The number of anilines is 2. The molecular weight excluding hydrogens is 288 g/mol. The number of nitrogen functional groups attached to an aromatic ring is 2. The van der Waals surface area contributed by atoms with E-state index in [2.05, 4.69) is 13.2 Å². The third kappa shape index (κ3) is 4.54. The molecule has 0 aliphatic carbocycles. The summed E-state index contributed by atoms with van der Waals surface area (Å²) in [5.74, 6) is 1.34. The van der Waals surface area contributed by atoms with Gasteiger partial charge in [0.15, 0.2) is 0 Å². The molecule has 0 aromatic heterocycles. The summed E-state index contributed by atoms with van der Waals surface area (Å²) in [4.78, 5) is 0. The van der Waals surface area contributed by atoms with Gasteiger partial charge in [0.1, 0.15) is 24.7 Å². The van der Waals surface area contributed by atoms with Gasteiger partial charge in [0.25, 0.3) is 0 Å². The van der Waals surface area contributed by atoms with Crippen molar-refractivity contribution in [2.45, 2.75) is 6.42 Å². The van der Waals surface area contributed by atoms with Gasteiger partial charge in [-0.05, 0) is 41.8 Å². The first kappa shape index (κ1) is 16.5. The number of nitrogens with two attached hydrogens (primary N) is 2. The van der Waals surface area contributed by atoms with Gasteiger partial charge < -0.3 is 20.9 Å². The maximum Gasteiger partial charge on any atom is 0.142 e. The molecule has 0 saturated heterocycles. The van der Waals surface area contributed by atoms with Crippen molar-refractivity contribution >= 4 is 11.4 Å². The van der Waals surface area contributed by atoms with Crippen molar-refractivity contribution in [3.05, 3.63) is 72.8 Å². The van der Waals surface area contributed by atoms with Gasteiger partial charge in [0.05, 0.1) is 11.4 Å². The lowest BCUT2D eigenvalue weighted by molar-refractivity contribution is 0.365.